The van der Waals surface area contributed by atoms with Crippen molar-refractivity contribution in [1.29, 1.82) is 0 Å². The third kappa shape index (κ3) is 3.57. The van der Waals surface area contributed by atoms with E-state index in [1.54, 1.807) is 6.92 Å². The van der Waals surface area contributed by atoms with E-state index in [4.69, 9.17) is 10.5 Å². The average molecular weight is 197 g/mol. The Morgan fingerprint density at radius 3 is 2.79 bits per heavy atom. The van der Waals surface area contributed by atoms with Crippen molar-refractivity contribution in [2.45, 2.75) is 26.3 Å². The van der Waals surface area contributed by atoms with Crippen LogP contribution in [0.1, 0.15) is 19.7 Å². The molecule has 0 unspecified atom stereocenters. The Labute approximate surface area is 82.3 Å². The number of rotatable bonds is 3. The summed E-state index contributed by atoms with van der Waals surface area (Å²) >= 11 is 0. The van der Waals surface area contributed by atoms with E-state index in [9.17, 15) is 4.79 Å². The molecule has 1 aromatic rings. The van der Waals surface area contributed by atoms with Crippen molar-refractivity contribution in [1.82, 2.24) is 9.97 Å². The van der Waals surface area contributed by atoms with Crippen LogP contribution in [0.5, 0.6) is 5.88 Å². The summed E-state index contributed by atoms with van der Waals surface area (Å²) in [6, 6.07) is 1.30. The van der Waals surface area contributed by atoms with Gasteiger partial charge in [0.05, 0.1) is 6.07 Å². The number of hydrogen-bond acceptors (Lipinski definition) is 4. The number of nitrogens with one attached hydrogen (secondary N) is 1. The fourth-order valence-electron chi connectivity index (χ4n) is 0.886. The quantitative estimate of drug-likeness (QED) is 0.725. The van der Waals surface area contributed by atoms with E-state index in [-0.39, 0.29) is 5.56 Å². The molecule has 1 rings (SSSR count). The second-order valence-corrected chi connectivity index (χ2v) is 3.95. The molecule has 78 valence electrons. The monoisotopic (exact) mass is 197 g/mol. The molecule has 0 aliphatic carbocycles. The fourth-order valence-corrected chi connectivity index (χ4v) is 0.886. The van der Waals surface area contributed by atoms with E-state index >= 15 is 0 Å². The smallest absolute Gasteiger partial charge is 0.254 e. The average Bonchev–Trinajstić information content (AvgIpc) is 1.97. The summed E-state index contributed by atoms with van der Waals surface area (Å²) < 4.78 is 5.28. The van der Waals surface area contributed by atoms with Gasteiger partial charge in [-0.3, -0.25) is 4.79 Å². The maximum absolute atomic E-state index is 11.0. The molecule has 0 bridgehead atoms. The standard InChI is InChI=1S/C9H15N3O2/c1-6-11-7(13)4-8(12-6)14-5-9(2,3)10/h4H,5,10H2,1-3H3,(H,11,12,13). The first-order chi connectivity index (χ1) is 6.37. The van der Waals surface area contributed by atoms with E-state index in [2.05, 4.69) is 9.97 Å². The molecule has 0 radical (unpaired) electrons. The highest BCUT2D eigenvalue weighted by Gasteiger charge is 2.12. The van der Waals surface area contributed by atoms with Gasteiger partial charge in [-0.15, -0.1) is 0 Å². The molecule has 0 atom stereocenters. The largest absolute Gasteiger partial charge is 0.476 e. The minimum absolute atomic E-state index is 0.220. The molecule has 5 heteroatoms. The highest BCUT2D eigenvalue weighted by molar-refractivity contribution is 5.08. The molecule has 0 aliphatic rings. The minimum atomic E-state index is -0.432. The molecule has 1 heterocycles. The SMILES string of the molecule is Cc1nc(OCC(C)(C)N)cc(=O)[nH]1. The molecule has 3 N–H and O–H groups in total. The van der Waals surface area contributed by atoms with Crippen molar-refractivity contribution in [3.63, 3.8) is 0 Å². The summed E-state index contributed by atoms with van der Waals surface area (Å²) in [6.45, 7) is 5.70. The zero-order valence-electron chi connectivity index (χ0n) is 8.63. The fraction of sp³-hybridized carbons (Fsp3) is 0.556. The second-order valence-electron chi connectivity index (χ2n) is 3.95. The molecule has 0 aromatic carbocycles. The van der Waals surface area contributed by atoms with Crippen molar-refractivity contribution in [2.24, 2.45) is 5.73 Å². The number of aryl methyl sites for hydroxylation is 1. The van der Waals surface area contributed by atoms with Crippen LogP contribution in [-0.2, 0) is 0 Å². The zero-order chi connectivity index (χ0) is 10.8. The molecular weight excluding hydrogens is 182 g/mol. The van der Waals surface area contributed by atoms with Crippen molar-refractivity contribution in [2.75, 3.05) is 6.61 Å². The number of nitrogens with zero attached hydrogens (tertiary/aromatic N) is 1. The minimum Gasteiger partial charge on any atom is -0.476 e. The second kappa shape index (κ2) is 3.79. The molecule has 1 aromatic heterocycles. The molecular formula is C9H15N3O2. The van der Waals surface area contributed by atoms with Crippen LogP contribution in [0.2, 0.25) is 0 Å². The van der Waals surface area contributed by atoms with Gasteiger partial charge in [0.2, 0.25) is 5.88 Å². The summed E-state index contributed by atoms with van der Waals surface area (Å²) in [5.41, 5.74) is 5.07. The van der Waals surface area contributed by atoms with Crippen molar-refractivity contribution in [3.8, 4) is 5.88 Å². The molecule has 0 spiro atoms. The highest BCUT2D eigenvalue weighted by atomic mass is 16.5. The lowest BCUT2D eigenvalue weighted by atomic mass is 10.1. The van der Waals surface area contributed by atoms with Crippen LogP contribution in [0.3, 0.4) is 0 Å². The van der Waals surface area contributed by atoms with Crippen LogP contribution < -0.4 is 16.0 Å². The predicted octanol–water partition coefficient (Wildman–Crippen LogP) is 0.194. The molecule has 0 aliphatic heterocycles. The van der Waals surface area contributed by atoms with Crippen molar-refractivity contribution in [3.05, 3.63) is 22.2 Å². The summed E-state index contributed by atoms with van der Waals surface area (Å²) in [7, 11) is 0. The lowest BCUT2D eigenvalue weighted by molar-refractivity contribution is 0.234. The first-order valence-electron chi connectivity index (χ1n) is 4.36. The molecule has 5 nitrogen and oxygen atoms in total. The predicted molar refractivity (Wildman–Crippen MR) is 53.4 cm³/mol. The van der Waals surface area contributed by atoms with Gasteiger partial charge in [0.15, 0.2) is 0 Å². The van der Waals surface area contributed by atoms with Gasteiger partial charge in [0, 0.05) is 5.54 Å². The maximum atomic E-state index is 11.0. The van der Waals surface area contributed by atoms with Gasteiger partial charge in [-0.05, 0) is 20.8 Å². The Bertz CT molecular complexity index is 365. The normalized spacial score (nSPS) is 11.4. The van der Waals surface area contributed by atoms with E-state index in [1.165, 1.54) is 6.07 Å². The zero-order valence-corrected chi connectivity index (χ0v) is 8.63. The Morgan fingerprint density at radius 1 is 1.64 bits per heavy atom. The van der Waals surface area contributed by atoms with Crippen LogP contribution in [-0.4, -0.2) is 22.1 Å². The Kier molecular flexibility index (Phi) is 2.90. The van der Waals surface area contributed by atoms with E-state index < -0.39 is 5.54 Å². The number of ether oxygens (including phenoxy) is 1. The van der Waals surface area contributed by atoms with Crippen LogP contribution >= 0.6 is 0 Å². The molecule has 0 amide bonds. The molecule has 14 heavy (non-hydrogen) atoms. The number of aromatic amines is 1. The summed E-state index contributed by atoms with van der Waals surface area (Å²) in [6.07, 6.45) is 0. The Hall–Kier alpha value is -1.36. The Morgan fingerprint density at radius 2 is 2.29 bits per heavy atom. The lowest BCUT2D eigenvalue weighted by Gasteiger charge is -2.18. The van der Waals surface area contributed by atoms with Gasteiger partial charge in [0.1, 0.15) is 12.4 Å². The van der Waals surface area contributed by atoms with E-state index in [0.717, 1.165) is 0 Å². The topological polar surface area (TPSA) is 81.0 Å². The van der Waals surface area contributed by atoms with Gasteiger partial charge in [-0.1, -0.05) is 0 Å². The van der Waals surface area contributed by atoms with Gasteiger partial charge in [-0.2, -0.15) is 0 Å². The van der Waals surface area contributed by atoms with Gasteiger partial charge in [0.25, 0.3) is 5.56 Å². The van der Waals surface area contributed by atoms with Crippen LogP contribution in [0, 0.1) is 6.92 Å². The van der Waals surface area contributed by atoms with Crippen LogP contribution in [0.25, 0.3) is 0 Å². The summed E-state index contributed by atoms with van der Waals surface area (Å²) in [4.78, 5) is 17.6. The lowest BCUT2D eigenvalue weighted by Crippen LogP contribution is -2.39. The Balaban J connectivity index is 2.73. The summed E-state index contributed by atoms with van der Waals surface area (Å²) in [5, 5.41) is 0. The third-order valence-electron chi connectivity index (χ3n) is 1.43. The van der Waals surface area contributed by atoms with Gasteiger partial charge >= 0.3 is 0 Å². The number of hydrogen-bond donors (Lipinski definition) is 2. The number of aromatic nitrogens is 2. The van der Waals surface area contributed by atoms with Crippen LogP contribution in [0.15, 0.2) is 10.9 Å². The summed E-state index contributed by atoms with van der Waals surface area (Å²) in [5.74, 6) is 0.840. The van der Waals surface area contributed by atoms with Crippen molar-refractivity contribution >= 4 is 0 Å². The van der Waals surface area contributed by atoms with Crippen molar-refractivity contribution < 1.29 is 4.74 Å². The first-order valence-corrected chi connectivity index (χ1v) is 4.36. The molecule has 0 saturated carbocycles. The van der Waals surface area contributed by atoms with E-state index in [0.29, 0.717) is 18.3 Å². The maximum Gasteiger partial charge on any atom is 0.254 e. The highest BCUT2D eigenvalue weighted by Crippen LogP contribution is 2.05. The van der Waals surface area contributed by atoms with Crippen LogP contribution in [0.4, 0.5) is 0 Å². The van der Waals surface area contributed by atoms with Gasteiger partial charge < -0.3 is 15.5 Å². The number of nitrogens with two attached hydrogens (primary N) is 1. The van der Waals surface area contributed by atoms with Gasteiger partial charge in [-0.25, -0.2) is 4.98 Å². The molecule has 0 fully saturated rings. The van der Waals surface area contributed by atoms with E-state index in [1.807, 2.05) is 13.8 Å². The first kappa shape index (κ1) is 10.7. The molecule has 0 saturated heterocycles. The number of H-pyrrole nitrogens is 1. The third-order valence-corrected chi connectivity index (χ3v) is 1.43.